The second kappa shape index (κ2) is 4.27. The third kappa shape index (κ3) is 1.90. The van der Waals surface area contributed by atoms with Crippen molar-refractivity contribution in [3.63, 3.8) is 0 Å². The lowest BCUT2D eigenvalue weighted by molar-refractivity contribution is -0.00427. The Bertz CT molecular complexity index is 455. The van der Waals surface area contributed by atoms with Crippen molar-refractivity contribution < 1.29 is 0 Å². The van der Waals surface area contributed by atoms with Crippen molar-refractivity contribution in [2.45, 2.75) is 51.0 Å². The molecule has 4 fully saturated rings. The summed E-state index contributed by atoms with van der Waals surface area (Å²) in [5, 5.41) is 0. The van der Waals surface area contributed by atoms with Gasteiger partial charge in [-0.3, -0.25) is 0 Å². The van der Waals surface area contributed by atoms with E-state index >= 15 is 0 Å². The molecule has 19 heavy (non-hydrogen) atoms. The molecule has 4 saturated carbocycles. The van der Waals surface area contributed by atoms with Crippen molar-refractivity contribution >= 4 is 0 Å². The Morgan fingerprint density at radius 1 is 1.11 bits per heavy atom. The highest BCUT2D eigenvalue weighted by Crippen LogP contribution is 2.59. The molecule has 5 rings (SSSR count). The monoisotopic (exact) mass is 257 g/mol. The van der Waals surface area contributed by atoms with Crippen LogP contribution in [0.3, 0.4) is 0 Å². The lowest BCUT2D eigenvalue weighted by atomic mass is 9.51. The van der Waals surface area contributed by atoms with Crippen molar-refractivity contribution in [2.24, 2.45) is 29.4 Å². The van der Waals surface area contributed by atoms with Crippen molar-refractivity contribution in [3.05, 3.63) is 23.8 Å². The molecule has 0 spiro atoms. The summed E-state index contributed by atoms with van der Waals surface area (Å²) in [6, 6.07) is 2.08. The van der Waals surface area contributed by atoms with Gasteiger partial charge in [-0.15, -0.1) is 0 Å². The van der Waals surface area contributed by atoms with E-state index in [-0.39, 0.29) is 6.04 Å². The summed E-state index contributed by atoms with van der Waals surface area (Å²) in [5.41, 5.74) is 7.21. The van der Waals surface area contributed by atoms with Gasteiger partial charge in [0.05, 0.1) is 6.04 Å². The molecule has 3 heteroatoms. The molecule has 0 aromatic carbocycles. The topological polar surface area (TPSA) is 51.8 Å². The molecule has 4 aliphatic carbocycles. The van der Waals surface area contributed by atoms with Crippen LogP contribution >= 0.6 is 0 Å². The summed E-state index contributed by atoms with van der Waals surface area (Å²) in [6.45, 7) is 1.97. The maximum absolute atomic E-state index is 5.93. The highest BCUT2D eigenvalue weighted by Gasteiger charge is 2.49. The average molecular weight is 257 g/mol. The van der Waals surface area contributed by atoms with Crippen LogP contribution in [0.5, 0.6) is 0 Å². The molecule has 4 aliphatic rings. The van der Waals surface area contributed by atoms with E-state index in [1.807, 2.05) is 13.1 Å². The van der Waals surface area contributed by atoms with E-state index in [2.05, 4.69) is 11.1 Å². The Balaban J connectivity index is 1.67. The van der Waals surface area contributed by atoms with Gasteiger partial charge in [0.2, 0.25) is 0 Å². The quantitative estimate of drug-likeness (QED) is 0.886. The van der Waals surface area contributed by atoms with Gasteiger partial charge < -0.3 is 5.73 Å². The number of hydrogen-bond acceptors (Lipinski definition) is 3. The number of rotatable bonds is 2. The molecule has 0 amide bonds. The number of nitrogens with two attached hydrogens (primary N) is 1. The lowest BCUT2D eigenvalue weighted by Gasteiger charge is -2.54. The maximum atomic E-state index is 5.93. The Hall–Kier alpha value is -0.960. The summed E-state index contributed by atoms with van der Waals surface area (Å²) in [7, 11) is 0. The Morgan fingerprint density at radius 2 is 1.74 bits per heavy atom. The maximum Gasteiger partial charge on any atom is 0.144 e. The molecule has 0 aliphatic heterocycles. The molecule has 0 radical (unpaired) electrons. The van der Waals surface area contributed by atoms with E-state index in [9.17, 15) is 0 Å². The van der Waals surface area contributed by atoms with Gasteiger partial charge in [0, 0.05) is 17.8 Å². The molecule has 102 valence electrons. The molecule has 2 N–H and O–H groups in total. The SMILES string of the molecule is CC(N)c1nccc(C2C3CC4CC(C3)CC2C4)n1. The van der Waals surface area contributed by atoms with Gasteiger partial charge in [0.15, 0.2) is 0 Å². The normalized spacial score (nSPS) is 41.5. The minimum absolute atomic E-state index is 0.0585. The second-order valence-electron chi connectivity index (χ2n) is 7.08. The van der Waals surface area contributed by atoms with Crippen molar-refractivity contribution in [1.82, 2.24) is 9.97 Å². The summed E-state index contributed by atoms with van der Waals surface area (Å²) < 4.78 is 0. The van der Waals surface area contributed by atoms with Gasteiger partial charge in [-0.1, -0.05) is 0 Å². The summed E-state index contributed by atoms with van der Waals surface area (Å²) in [6.07, 6.45) is 9.18. The largest absolute Gasteiger partial charge is 0.322 e. The van der Waals surface area contributed by atoms with Crippen LogP contribution < -0.4 is 5.73 Å². The zero-order valence-electron chi connectivity index (χ0n) is 11.6. The molecule has 1 heterocycles. The first-order valence-corrected chi connectivity index (χ1v) is 7.79. The minimum atomic E-state index is -0.0585. The predicted octanol–water partition coefficient (Wildman–Crippen LogP) is 3.04. The van der Waals surface area contributed by atoms with E-state index < -0.39 is 0 Å². The molecule has 3 nitrogen and oxygen atoms in total. The Morgan fingerprint density at radius 3 is 2.32 bits per heavy atom. The first-order chi connectivity index (χ1) is 9.20. The third-order valence-corrected chi connectivity index (χ3v) is 5.67. The highest BCUT2D eigenvalue weighted by molar-refractivity contribution is 5.17. The summed E-state index contributed by atoms with van der Waals surface area (Å²) >= 11 is 0. The zero-order chi connectivity index (χ0) is 13.0. The van der Waals surface area contributed by atoms with Crippen LogP contribution in [-0.4, -0.2) is 9.97 Å². The highest BCUT2D eigenvalue weighted by atomic mass is 14.9. The number of aromatic nitrogens is 2. The molecular formula is C16H23N3. The van der Waals surface area contributed by atoms with Crippen molar-refractivity contribution in [3.8, 4) is 0 Å². The number of hydrogen-bond donors (Lipinski definition) is 1. The minimum Gasteiger partial charge on any atom is -0.322 e. The van der Waals surface area contributed by atoms with Gasteiger partial charge >= 0.3 is 0 Å². The fraction of sp³-hybridized carbons (Fsp3) is 0.750. The number of nitrogens with zero attached hydrogens (tertiary/aromatic N) is 2. The molecule has 1 aromatic heterocycles. The molecule has 0 saturated heterocycles. The van der Waals surface area contributed by atoms with Crippen LogP contribution in [0.15, 0.2) is 12.3 Å². The molecule has 4 bridgehead atoms. The van der Waals surface area contributed by atoms with Gasteiger partial charge in [-0.05, 0) is 68.8 Å². The van der Waals surface area contributed by atoms with Crippen LogP contribution in [0.25, 0.3) is 0 Å². The smallest absolute Gasteiger partial charge is 0.144 e. The fourth-order valence-electron chi connectivity index (χ4n) is 5.20. The van der Waals surface area contributed by atoms with E-state index in [1.165, 1.54) is 37.8 Å². The predicted molar refractivity (Wildman–Crippen MR) is 74.4 cm³/mol. The standard InChI is InChI=1S/C16H23N3/c1-9(17)16-18-3-2-14(19-16)15-12-5-10-4-11(7-12)8-13(15)6-10/h2-3,9-13,15H,4-8,17H2,1H3. The molecule has 1 aromatic rings. The van der Waals surface area contributed by atoms with Gasteiger partial charge in [-0.25, -0.2) is 9.97 Å². The Labute approximate surface area is 115 Å². The average Bonchev–Trinajstić information content (AvgIpc) is 2.37. The van der Waals surface area contributed by atoms with Crippen LogP contribution in [0, 0.1) is 23.7 Å². The molecule has 1 unspecified atom stereocenters. The van der Waals surface area contributed by atoms with Crippen LogP contribution in [0.1, 0.15) is 62.5 Å². The summed E-state index contributed by atoms with van der Waals surface area (Å²) in [4.78, 5) is 9.10. The molecule has 1 atom stereocenters. The fourth-order valence-corrected chi connectivity index (χ4v) is 5.20. The second-order valence-corrected chi connectivity index (χ2v) is 7.08. The van der Waals surface area contributed by atoms with E-state index in [4.69, 9.17) is 10.7 Å². The van der Waals surface area contributed by atoms with Crippen LogP contribution in [0.2, 0.25) is 0 Å². The van der Waals surface area contributed by atoms with E-state index in [0.29, 0.717) is 5.92 Å². The van der Waals surface area contributed by atoms with Crippen LogP contribution in [0.4, 0.5) is 0 Å². The first-order valence-electron chi connectivity index (χ1n) is 7.79. The van der Waals surface area contributed by atoms with Crippen LogP contribution in [-0.2, 0) is 0 Å². The lowest BCUT2D eigenvalue weighted by Crippen LogP contribution is -2.44. The first kappa shape index (κ1) is 11.8. The van der Waals surface area contributed by atoms with Crippen molar-refractivity contribution in [2.75, 3.05) is 0 Å². The van der Waals surface area contributed by atoms with Gasteiger partial charge in [0.1, 0.15) is 5.82 Å². The Kier molecular flexibility index (Phi) is 2.66. The molecular weight excluding hydrogens is 234 g/mol. The van der Waals surface area contributed by atoms with Gasteiger partial charge in [-0.2, -0.15) is 0 Å². The van der Waals surface area contributed by atoms with E-state index in [0.717, 1.165) is 29.5 Å². The zero-order valence-corrected chi connectivity index (χ0v) is 11.6. The van der Waals surface area contributed by atoms with Crippen molar-refractivity contribution in [1.29, 1.82) is 0 Å². The van der Waals surface area contributed by atoms with Gasteiger partial charge in [0.25, 0.3) is 0 Å². The summed E-state index contributed by atoms with van der Waals surface area (Å²) in [5.74, 6) is 5.31. The third-order valence-electron chi connectivity index (χ3n) is 5.67. The van der Waals surface area contributed by atoms with E-state index in [1.54, 1.807) is 0 Å².